The number of allylic oxidation sites excluding steroid dienone is 4. The minimum Gasteiger partial charge on any atom is -0.490 e. The molecule has 4 nitrogen and oxygen atoms in total. The molecule has 0 aliphatic rings. The van der Waals surface area contributed by atoms with Crippen molar-refractivity contribution in [1.29, 1.82) is 0 Å². The minimum atomic E-state index is -0.800. The van der Waals surface area contributed by atoms with E-state index in [1.54, 1.807) is 6.08 Å². The first-order valence-corrected chi connectivity index (χ1v) is 9.07. The molecule has 0 aromatic heterocycles. The second-order valence-corrected chi connectivity index (χ2v) is 5.87. The van der Waals surface area contributed by atoms with Gasteiger partial charge >= 0.3 is 5.97 Å². The Bertz CT molecular complexity index is 608. The number of aliphatic hydroxyl groups excluding tert-OH is 1. The zero-order valence-corrected chi connectivity index (χ0v) is 15.1. The number of unbranched alkanes of at least 4 members (excludes halogenated alkanes) is 4. The zero-order chi connectivity index (χ0) is 18.9. The van der Waals surface area contributed by atoms with Gasteiger partial charge < -0.3 is 14.9 Å². The summed E-state index contributed by atoms with van der Waals surface area (Å²) in [5.41, 5.74) is 0. The van der Waals surface area contributed by atoms with Crippen LogP contribution in [0.15, 0.2) is 54.6 Å². The van der Waals surface area contributed by atoms with Crippen LogP contribution >= 0.6 is 0 Å². The molecule has 0 spiro atoms. The molecular formula is C22H28O4. The molecule has 1 unspecified atom stereocenters. The lowest BCUT2D eigenvalue weighted by molar-refractivity contribution is -0.137. The van der Waals surface area contributed by atoms with Crippen LogP contribution in [-0.2, 0) is 4.79 Å². The van der Waals surface area contributed by atoms with Crippen LogP contribution in [-0.4, -0.2) is 28.9 Å². The summed E-state index contributed by atoms with van der Waals surface area (Å²) in [6.07, 6.45) is 13.1. The fraction of sp³-hybridized carbons (Fsp3) is 0.409. The summed E-state index contributed by atoms with van der Waals surface area (Å²) in [7, 11) is 0. The smallest absolute Gasteiger partial charge is 0.303 e. The summed E-state index contributed by atoms with van der Waals surface area (Å²) in [5, 5.41) is 18.2. The molecule has 2 N–H and O–H groups in total. The number of carbonyl (C=O) groups is 1. The van der Waals surface area contributed by atoms with E-state index in [1.165, 1.54) is 0 Å². The molecule has 0 bridgehead atoms. The highest BCUT2D eigenvalue weighted by Gasteiger charge is 1.99. The Balaban J connectivity index is 2.01. The number of ether oxygens (including phenoxy) is 1. The summed E-state index contributed by atoms with van der Waals surface area (Å²) < 4.78 is 5.42. The molecule has 0 amide bonds. The van der Waals surface area contributed by atoms with Gasteiger partial charge in [-0.1, -0.05) is 48.3 Å². The van der Waals surface area contributed by atoms with Crippen LogP contribution in [0, 0.1) is 11.8 Å². The van der Waals surface area contributed by atoms with E-state index >= 15 is 0 Å². The third-order valence-electron chi connectivity index (χ3n) is 3.52. The van der Waals surface area contributed by atoms with E-state index in [9.17, 15) is 9.90 Å². The van der Waals surface area contributed by atoms with E-state index in [1.807, 2.05) is 36.4 Å². The number of carboxylic acids is 1. The molecule has 0 saturated heterocycles. The van der Waals surface area contributed by atoms with Crippen molar-refractivity contribution >= 4 is 5.97 Å². The molecule has 0 heterocycles. The van der Waals surface area contributed by atoms with Crippen molar-refractivity contribution in [3.63, 3.8) is 0 Å². The molecule has 1 aromatic carbocycles. The second-order valence-electron chi connectivity index (χ2n) is 5.87. The van der Waals surface area contributed by atoms with Crippen LogP contribution in [0.5, 0.6) is 5.75 Å². The molecular weight excluding hydrogens is 328 g/mol. The van der Waals surface area contributed by atoms with Gasteiger partial charge in [-0.05, 0) is 56.7 Å². The van der Waals surface area contributed by atoms with Crippen molar-refractivity contribution in [2.24, 2.45) is 0 Å². The van der Waals surface area contributed by atoms with Gasteiger partial charge in [0.15, 0.2) is 0 Å². The highest BCUT2D eigenvalue weighted by Crippen LogP contribution is 2.08. The van der Waals surface area contributed by atoms with Gasteiger partial charge in [-0.25, -0.2) is 0 Å². The van der Waals surface area contributed by atoms with Gasteiger partial charge in [0.2, 0.25) is 0 Å². The van der Waals surface area contributed by atoms with Crippen LogP contribution in [0.1, 0.15) is 44.9 Å². The van der Waals surface area contributed by atoms with E-state index in [-0.39, 0.29) is 13.0 Å². The van der Waals surface area contributed by atoms with Gasteiger partial charge in [-0.2, -0.15) is 0 Å². The Morgan fingerprint density at radius 3 is 2.38 bits per heavy atom. The van der Waals surface area contributed by atoms with Crippen molar-refractivity contribution < 1.29 is 19.7 Å². The third-order valence-corrected chi connectivity index (χ3v) is 3.52. The van der Waals surface area contributed by atoms with Gasteiger partial charge in [-0.3, -0.25) is 4.79 Å². The number of hydrogen-bond acceptors (Lipinski definition) is 3. The Hall–Kier alpha value is -2.51. The van der Waals surface area contributed by atoms with Gasteiger partial charge in [0, 0.05) is 6.42 Å². The summed E-state index contributed by atoms with van der Waals surface area (Å²) in [6, 6.07) is 9.35. The molecule has 1 aromatic rings. The van der Waals surface area contributed by atoms with Crippen molar-refractivity contribution in [3.05, 3.63) is 54.6 Å². The number of aliphatic carboxylic acids is 1. The fourth-order valence-electron chi connectivity index (χ4n) is 2.15. The number of aliphatic hydroxyl groups is 1. The van der Waals surface area contributed by atoms with E-state index in [2.05, 4.69) is 24.0 Å². The van der Waals surface area contributed by atoms with E-state index in [0.29, 0.717) is 6.42 Å². The standard InChI is InChI=1S/C22H28O4/c23-20(19-26-21-16-12-10-13-17-21)15-11-8-6-4-2-1-3-5-7-9-14-18-22(24)25/h5-8,10,12-13,16-17,20,23H,1-4,9,14,18-19H2,(H,24,25). The summed E-state index contributed by atoms with van der Waals surface area (Å²) in [4.78, 5) is 10.4. The minimum absolute atomic E-state index is 0.156. The van der Waals surface area contributed by atoms with Crippen molar-refractivity contribution in [3.8, 4) is 17.6 Å². The molecule has 0 aliphatic heterocycles. The largest absolute Gasteiger partial charge is 0.490 e. The molecule has 140 valence electrons. The molecule has 0 aliphatic carbocycles. The first kappa shape index (κ1) is 21.5. The summed E-state index contributed by atoms with van der Waals surface area (Å²) >= 11 is 0. The van der Waals surface area contributed by atoms with Gasteiger partial charge in [0.1, 0.15) is 18.5 Å². The van der Waals surface area contributed by atoms with Crippen molar-refractivity contribution in [1.82, 2.24) is 0 Å². The average molecular weight is 356 g/mol. The number of carboxylic acid groups (broad SMARTS) is 1. The number of hydrogen-bond donors (Lipinski definition) is 2. The molecule has 1 rings (SSSR count). The highest BCUT2D eigenvalue weighted by atomic mass is 16.5. The van der Waals surface area contributed by atoms with Crippen molar-refractivity contribution in [2.75, 3.05) is 6.61 Å². The molecule has 1 atom stereocenters. The van der Waals surface area contributed by atoms with Crippen LogP contribution < -0.4 is 4.74 Å². The quantitative estimate of drug-likeness (QED) is 0.332. The van der Waals surface area contributed by atoms with Crippen molar-refractivity contribution in [2.45, 2.75) is 51.0 Å². The second kappa shape index (κ2) is 14.8. The maximum Gasteiger partial charge on any atom is 0.303 e. The third kappa shape index (κ3) is 12.9. The first-order valence-electron chi connectivity index (χ1n) is 9.07. The van der Waals surface area contributed by atoms with E-state index in [4.69, 9.17) is 9.84 Å². The van der Waals surface area contributed by atoms with Crippen LogP contribution in [0.2, 0.25) is 0 Å². The zero-order valence-electron chi connectivity index (χ0n) is 15.1. The normalized spacial score (nSPS) is 12.0. The van der Waals surface area contributed by atoms with E-state index < -0.39 is 12.1 Å². The van der Waals surface area contributed by atoms with Gasteiger partial charge in [0.05, 0.1) is 0 Å². The van der Waals surface area contributed by atoms with Crippen LogP contribution in [0.3, 0.4) is 0 Å². The van der Waals surface area contributed by atoms with Gasteiger partial charge in [0.25, 0.3) is 0 Å². The predicted octanol–water partition coefficient (Wildman–Crippen LogP) is 4.36. The number of benzene rings is 1. The lowest BCUT2D eigenvalue weighted by Crippen LogP contribution is -2.14. The molecule has 0 fully saturated rings. The number of rotatable bonds is 12. The molecule has 0 saturated carbocycles. The lowest BCUT2D eigenvalue weighted by Gasteiger charge is -2.06. The molecule has 0 radical (unpaired) electrons. The Labute approximate surface area is 156 Å². The Morgan fingerprint density at radius 1 is 1.04 bits per heavy atom. The average Bonchev–Trinajstić information content (AvgIpc) is 2.64. The van der Waals surface area contributed by atoms with E-state index in [0.717, 1.165) is 37.9 Å². The van der Waals surface area contributed by atoms with Crippen LogP contribution in [0.4, 0.5) is 0 Å². The monoisotopic (exact) mass is 356 g/mol. The fourth-order valence-corrected chi connectivity index (χ4v) is 2.15. The predicted molar refractivity (Wildman–Crippen MR) is 104 cm³/mol. The number of para-hydroxylation sites is 1. The van der Waals surface area contributed by atoms with Crippen LogP contribution in [0.25, 0.3) is 0 Å². The first-order chi connectivity index (χ1) is 12.7. The lowest BCUT2D eigenvalue weighted by atomic mass is 10.1. The molecule has 26 heavy (non-hydrogen) atoms. The maximum absolute atomic E-state index is 10.4. The Kier molecular flexibility index (Phi) is 12.3. The SMILES string of the molecule is O=C(O)CCCC=CCCCCC=CC#CC(O)COc1ccccc1. The highest BCUT2D eigenvalue weighted by molar-refractivity contribution is 5.66. The summed E-state index contributed by atoms with van der Waals surface area (Å²) in [5.74, 6) is 5.56. The maximum atomic E-state index is 10.4. The topological polar surface area (TPSA) is 66.8 Å². The summed E-state index contributed by atoms with van der Waals surface area (Å²) in [6.45, 7) is 0.156. The Morgan fingerprint density at radius 2 is 1.69 bits per heavy atom. The molecule has 4 heteroatoms. The van der Waals surface area contributed by atoms with Gasteiger partial charge in [-0.15, -0.1) is 0 Å².